The smallest absolute Gasteiger partial charge is 0.227 e. The van der Waals surface area contributed by atoms with Gasteiger partial charge in [-0.15, -0.1) is 0 Å². The monoisotopic (exact) mass is 751 g/mol. The van der Waals surface area contributed by atoms with Gasteiger partial charge >= 0.3 is 0 Å². The molecule has 0 fully saturated rings. The van der Waals surface area contributed by atoms with E-state index in [2.05, 4.69) is 188 Å². The van der Waals surface area contributed by atoms with E-state index in [-0.39, 0.29) is 0 Å². The number of fused-ring (bicyclic) bond motifs is 12. The van der Waals surface area contributed by atoms with Gasteiger partial charge in [-0.3, -0.25) is 0 Å². The normalized spacial score (nSPS) is 15.0. The first-order valence-electron chi connectivity index (χ1n) is 20.4. The lowest BCUT2D eigenvalue weighted by Gasteiger charge is -2.30. The van der Waals surface area contributed by atoms with Gasteiger partial charge in [0.15, 0.2) is 5.58 Å². The topological polar surface area (TPSA) is 26.0 Å². The van der Waals surface area contributed by atoms with E-state index in [0.29, 0.717) is 5.89 Å². The van der Waals surface area contributed by atoms with Crippen molar-refractivity contribution in [3.63, 3.8) is 0 Å². The number of hydrogen-bond acceptors (Lipinski definition) is 2. The van der Waals surface area contributed by atoms with Gasteiger partial charge in [0.2, 0.25) is 5.89 Å². The van der Waals surface area contributed by atoms with Crippen LogP contribution in [-0.2, 0) is 11.8 Å². The van der Waals surface area contributed by atoms with Crippen molar-refractivity contribution in [3.05, 3.63) is 245 Å². The number of nitrogens with zero attached hydrogens (tertiary/aromatic N) is 1. The summed E-state index contributed by atoms with van der Waals surface area (Å²) in [5.74, 6) is 0.641. The molecule has 0 bridgehead atoms. The van der Waals surface area contributed by atoms with Gasteiger partial charge in [0.05, 0.1) is 5.41 Å². The third-order valence-corrected chi connectivity index (χ3v) is 12.6. The van der Waals surface area contributed by atoms with Crippen LogP contribution in [0.5, 0.6) is 0 Å². The third-order valence-electron chi connectivity index (χ3n) is 12.6. The second-order valence-electron chi connectivity index (χ2n) is 15.9. The molecular formula is C57H37NO. The number of oxazole rings is 1. The Morgan fingerprint density at radius 1 is 0.458 bits per heavy atom. The van der Waals surface area contributed by atoms with Crippen LogP contribution in [0.2, 0.25) is 0 Å². The van der Waals surface area contributed by atoms with E-state index < -0.39 is 5.41 Å². The molecule has 2 aliphatic carbocycles. The fourth-order valence-corrected chi connectivity index (χ4v) is 9.86. The standard InChI is InChI=1S/C57H37NO/c1-2-12-39(13-3-1)40-27-29-41(30-28-40)45(32-37-22-25-42(26-23-37)56-58-54-20-10-11-21-55(54)59-56)33-38-24-31-52-48(34-38)46-16-6-8-18-50(46)57(52)51-19-9-7-17-47(51)49-35-43-14-4-5-15-44(43)36-53(49)57/h1-31,33-36H,32H2/b45-33-. The summed E-state index contributed by atoms with van der Waals surface area (Å²) in [6, 6.07) is 75.2. The first kappa shape index (κ1) is 33.6. The van der Waals surface area contributed by atoms with Crippen LogP contribution in [-0.4, -0.2) is 4.98 Å². The largest absolute Gasteiger partial charge is 0.436 e. The zero-order chi connectivity index (χ0) is 38.9. The maximum Gasteiger partial charge on any atom is 0.227 e. The molecule has 1 spiro atoms. The lowest BCUT2D eigenvalue weighted by molar-refractivity contribution is 0.620. The van der Waals surface area contributed by atoms with Gasteiger partial charge < -0.3 is 4.42 Å². The van der Waals surface area contributed by atoms with E-state index in [9.17, 15) is 0 Å². The van der Waals surface area contributed by atoms with Crippen LogP contribution in [0, 0.1) is 0 Å². The van der Waals surface area contributed by atoms with E-state index >= 15 is 0 Å². The molecule has 9 aromatic carbocycles. The van der Waals surface area contributed by atoms with Crippen molar-refractivity contribution < 1.29 is 4.42 Å². The Balaban J connectivity index is 0.986. The zero-order valence-electron chi connectivity index (χ0n) is 32.3. The van der Waals surface area contributed by atoms with Gasteiger partial charge in [0.1, 0.15) is 5.52 Å². The van der Waals surface area contributed by atoms with Crippen molar-refractivity contribution in [1.29, 1.82) is 0 Å². The molecule has 0 radical (unpaired) electrons. The Morgan fingerprint density at radius 3 is 1.80 bits per heavy atom. The molecule has 12 rings (SSSR count). The minimum atomic E-state index is -0.392. The van der Waals surface area contributed by atoms with Gasteiger partial charge in [-0.2, -0.15) is 0 Å². The SMILES string of the molecule is C(=C(\Cc1ccc(-c2nc3ccccc3o2)cc1)c1ccc(-c2ccccc2)cc1)/c1ccc2c(c1)-c1ccccc1C21c2ccccc2-c2cc3ccccc3cc21. The number of benzene rings is 9. The summed E-state index contributed by atoms with van der Waals surface area (Å²) in [4.78, 5) is 4.74. The molecule has 2 aliphatic rings. The predicted octanol–water partition coefficient (Wildman–Crippen LogP) is 14.4. The lowest BCUT2D eigenvalue weighted by Crippen LogP contribution is -2.25. The number of aromatic nitrogens is 1. The first-order chi connectivity index (χ1) is 29.2. The van der Waals surface area contributed by atoms with E-state index in [0.717, 1.165) is 23.1 Å². The quantitative estimate of drug-likeness (QED) is 0.158. The van der Waals surface area contributed by atoms with Gasteiger partial charge in [0.25, 0.3) is 0 Å². The van der Waals surface area contributed by atoms with Crippen LogP contribution in [0.25, 0.3) is 78.4 Å². The number of allylic oxidation sites excluding steroid dienone is 1. The maximum absolute atomic E-state index is 6.10. The van der Waals surface area contributed by atoms with Gasteiger partial charge in [-0.25, -0.2) is 4.98 Å². The Kier molecular flexibility index (Phi) is 7.55. The summed E-state index contributed by atoms with van der Waals surface area (Å²) < 4.78 is 6.10. The zero-order valence-corrected chi connectivity index (χ0v) is 32.3. The van der Waals surface area contributed by atoms with Crippen molar-refractivity contribution in [1.82, 2.24) is 4.98 Å². The highest BCUT2D eigenvalue weighted by Gasteiger charge is 2.51. The third kappa shape index (κ3) is 5.30. The van der Waals surface area contributed by atoms with Crippen molar-refractivity contribution >= 4 is 33.5 Å². The van der Waals surface area contributed by atoms with Gasteiger partial charge in [-0.05, 0) is 138 Å². The molecule has 2 heteroatoms. The second kappa shape index (κ2) is 13.3. The summed E-state index contributed by atoms with van der Waals surface area (Å²) in [7, 11) is 0. The predicted molar refractivity (Wildman–Crippen MR) is 243 cm³/mol. The van der Waals surface area contributed by atoms with Crippen LogP contribution in [0.15, 0.2) is 211 Å². The number of rotatable bonds is 6. The van der Waals surface area contributed by atoms with Crippen molar-refractivity contribution in [2.24, 2.45) is 0 Å². The average molecular weight is 752 g/mol. The molecule has 1 aromatic heterocycles. The van der Waals surface area contributed by atoms with Crippen LogP contribution in [0.3, 0.4) is 0 Å². The molecule has 2 nitrogen and oxygen atoms in total. The average Bonchev–Trinajstić information content (AvgIpc) is 3.95. The summed E-state index contributed by atoms with van der Waals surface area (Å²) >= 11 is 0. The summed E-state index contributed by atoms with van der Waals surface area (Å²) in [6.07, 6.45) is 3.16. The first-order valence-corrected chi connectivity index (χ1v) is 20.4. The summed E-state index contributed by atoms with van der Waals surface area (Å²) in [5, 5.41) is 2.55. The van der Waals surface area contributed by atoms with Crippen molar-refractivity contribution in [3.8, 4) is 44.8 Å². The molecule has 0 saturated carbocycles. The highest BCUT2D eigenvalue weighted by atomic mass is 16.3. The van der Waals surface area contributed by atoms with Crippen LogP contribution < -0.4 is 0 Å². The molecule has 276 valence electrons. The highest BCUT2D eigenvalue weighted by Crippen LogP contribution is 2.63. The molecule has 0 N–H and O–H groups in total. The Morgan fingerprint density at radius 2 is 1.05 bits per heavy atom. The van der Waals surface area contributed by atoms with E-state index in [4.69, 9.17) is 9.40 Å². The maximum atomic E-state index is 6.10. The highest BCUT2D eigenvalue weighted by molar-refractivity contribution is 6.00. The molecule has 0 amide bonds. The second-order valence-corrected chi connectivity index (χ2v) is 15.9. The molecule has 10 aromatic rings. The number of hydrogen-bond donors (Lipinski definition) is 0. The summed E-state index contributed by atoms with van der Waals surface area (Å²) in [5.41, 5.74) is 20.2. The van der Waals surface area contributed by atoms with E-state index in [1.165, 1.54) is 88.7 Å². The Hall–Kier alpha value is -7.55. The van der Waals surface area contributed by atoms with E-state index in [1.54, 1.807) is 0 Å². The minimum Gasteiger partial charge on any atom is -0.436 e. The lowest BCUT2D eigenvalue weighted by atomic mass is 9.70. The summed E-state index contributed by atoms with van der Waals surface area (Å²) in [6.45, 7) is 0. The molecule has 1 heterocycles. The van der Waals surface area contributed by atoms with Crippen molar-refractivity contribution in [2.75, 3.05) is 0 Å². The van der Waals surface area contributed by atoms with E-state index in [1.807, 2.05) is 24.3 Å². The fourth-order valence-electron chi connectivity index (χ4n) is 9.86. The van der Waals surface area contributed by atoms with Crippen LogP contribution >= 0.6 is 0 Å². The van der Waals surface area contributed by atoms with Gasteiger partial charge in [-0.1, -0.05) is 170 Å². The Labute approximate surface area is 343 Å². The molecular weight excluding hydrogens is 715 g/mol. The number of para-hydroxylation sites is 2. The van der Waals surface area contributed by atoms with Crippen LogP contribution in [0.4, 0.5) is 0 Å². The molecule has 1 unspecified atom stereocenters. The van der Waals surface area contributed by atoms with Crippen molar-refractivity contribution in [2.45, 2.75) is 11.8 Å². The molecule has 1 atom stereocenters. The Bertz CT molecular complexity index is 3250. The molecule has 0 saturated heterocycles. The molecule has 59 heavy (non-hydrogen) atoms. The van der Waals surface area contributed by atoms with Crippen LogP contribution in [0.1, 0.15) is 38.9 Å². The molecule has 0 aliphatic heterocycles. The fraction of sp³-hybridized carbons (Fsp3) is 0.0351. The minimum absolute atomic E-state index is 0.392. The van der Waals surface area contributed by atoms with Gasteiger partial charge in [0, 0.05) is 5.56 Å².